The molecule has 1 unspecified atom stereocenters. The molecule has 15 heavy (non-hydrogen) atoms. The maximum absolute atomic E-state index is 11.5. The van der Waals surface area contributed by atoms with Crippen LogP contribution in [0, 0.1) is 5.92 Å². The van der Waals surface area contributed by atoms with Crippen molar-refractivity contribution in [3.63, 3.8) is 0 Å². The van der Waals surface area contributed by atoms with Gasteiger partial charge in [-0.05, 0) is 44.9 Å². The molecule has 3 nitrogen and oxygen atoms in total. The highest BCUT2D eigenvalue weighted by molar-refractivity contribution is 5.74. The van der Waals surface area contributed by atoms with E-state index in [1.165, 1.54) is 12.8 Å². The van der Waals surface area contributed by atoms with Crippen LogP contribution in [0.4, 0.5) is 4.79 Å². The molecule has 0 radical (unpaired) electrons. The standard InChI is InChI=1S/C12H24N2O/c1-9(2)7-8-10(3)13-12(15)14-11-5-4-6-11/h9-11H,4-8H2,1-3H3,(H2,13,14,15). The number of nitrogens with one attached hydrogen (secondary N) is 2. The van der Waals surface area contributed by atoms with Crippen molar-refractivity contribution in [2.24, 2.45) is 5.92 Å². The molecule has 0 bridgehead atoms. The SMILES string of the molecule is CC(C)CCC(C)NC(=O)NC1CCC1. The van der Waals surface area contributed by atoms with Crippen molar-refractivity contribution in [1.29, 1.82) is 0 Å². The van der Waals surface area contributed by atoms with Gasteiger partial charge in [0.25, 0.3) is 0 Å². The molecule has 1 aliphatic carbocycles. The van der Waals surface area contributed by atoms with Crippen molar-refractivity contribution in [1.82, 2.24) is 10.6 Å². The minimum absolute atomic E-state index is 0.0101. The van der Waals surface area contributed by atoms with Gasteiger partial charge in [-0.1, -0.05) is 13.8 Å². The summed E-state index contributed by atoms with van der Waals surface area (Å²) < 4.78 is 0. The Bertz CT molecular complexity index is 200. The van der Waals surface area contributed by atoms with Crippen LogP contribution < -0.4 is 10.6 Å². The Kier molecular flexibility index (Phi) is 4.92. The fourth-order valence-electron chi connectivity index (χ4n) is 1.66. The van der Waals surface area contributed by atoms with Crippen molar-refractivity contribution in [3.8, 4) is 0 Å². The highest BCUT2D eigenvalue weighted by atomic mass is 16.2. The molecule has 0 heterocycles. The van der Waals surface area contributed by atoms with E-state index in [0.29, 0.717) is 12.0 Å². The van der Waals surface area contributed by atoms with Crippen LogP contribution in [-0.4, -0.2) is 18.1 Å². The molecule has 0 saturated heterocycles. The third kappa shape index (κ3) is 5.05. The number of hydrogen-bond donors (Lipinski definition) is 2. The molecule has 3 heteroatoms. The molecule has 2 amide bonds. The lowest BCUT2D eigenvalue weighted by atomic mass is 9.93. The summed E-state index contributed by atoms with van der Waals surface area (Å²) in [5, 5.41) is 5.97. The maximum Gasteiger partial charge on any atom is 0.315 e. The van der Waals surface area contributed by atoms with Crippen molar-refractivity contribution in [2.75, 3.05) is 0 Å². The van der Waals surface area contributed by atoms with Crippen LogP contribution in [-0.2, 0) is 0 Å². The van der Waals surface area contributed by atoms with E-state index in [2.05, 4.69) is 31.4 Å². The Morgan fingerprint density at radius 2 is 1.93 bits per heavy atom. The highest BCUT2D eigenvalue weighted by Crippen LogP contribution is 2.17. The van der Waals surface area contributed by atoms with Gasteiger partial charge in [0.05, 0.1) is 0 Å². The number of hydrogen-bond acceptors (Lipinski definition) is 1. The summed E-state index contributed by atoms with van der Waals surface area (Å²) in [7, 11) is 0. The van der Waals surface area contributed by atoms with Crippen LogP contribution in [0.5, 0.6) is 0 Å². The Labute approximate surface area is 93.0 Å². The third-order valence-electron chi connectivity index (χ3n) is 2.99. The number of rotatable bonds is 5. The van der Waals surface area contributed by atoms with Gasteiger partial charge in [-0.3, -0.25) is 0 Å². The second-order valence-electron chi connectivity index (χ2n) is 5.12. The fourth-order valence-corrected chi connectivity index (χ4v) is 1.66. The second kappa shape index (κ2) is 5.99. The topological polar surface area (TPSA) is 41.1 Å². The number of carbonyl (C=O) groups excluding carboxylic acids is 1. The summed E-state index contributed by atoms with van der Waals surface area (Å²) >= 11 is 0. The summed E-state index contributed by atoms with van der Waals surface area (Å²) in [6.45, 7) is 6.49. The van der Waals surface area contributed by atoms with E-state index in [1.807, 2.05) is 0 Å². The van der Waals surface area contributed by atoms with E-state index in [0.717, 1.165) is 19.3 Å². The normalized spacial score (nSPS) is 18.4. The lowest BCUT2D eigenvalue weighted by Gasteiger charge is -2.27. The first-order valence-electron chi connectivity index (χ1n) is 6.15. The molecule has 1 rings (SSSR count). The summed E-state index contributed by atoms with van der Waals surface area (Å²) in [5.74, 6) is 0.712. The van der Waals surface area contributed by atoms with Gasteiger partial charge in [0, 0.05) is 12.1 Å². The Hall–Kier alpha value is -0.730. The number of carbonyl (C=O) groups is 1. The van der Waals surface area contributed by atoms with Gasteiger partial charge in [-0.15, -0.1) is 0 Å². The van der Waals surface area contributed by atoms with E-state index in [4.69, 9.17) is 0 Å². The average Bonchev–Trinajstić information content (AvgIpc) is 2.08. The van der Waals surface area contributed by atoms with Gasteiger partial charge in [-0.25, -0.2) is 4.79 Å². The molecule has 1 fully saturated rings. The van der Waals surface area contributed by atoms with Crippen LogP contribution >= 0.6 is 0 Å². The number of amides is 2. The zero-order chi connectivity index (χ0) is 11.3. The molecule has 88 valence electrons. The Morgan fingerprint density at radius 1 is 1.27 bits per heavy atom. The van der Waals surface area contributed by atoms with Gasteiger partial charge in [0.2, 0.25) is 0 Å². The average molecular weight is 212 g/mol. The van der Waals surface area contributed by atoms with Crippen LogP contribution in [0.3, 0.4) is 0 Å². The molecule has 0 aromatic carbocycles. The molecule has 1 atom stereocenters. The largest absolute Gasteiger partial charge is 0.336 e. The quantitative estimate of drug-likeness (QED) is 0.722. The van der Waals surface area contributed by atoms with E-state index in [-0.39, 0.29) is 12.1 Å². The first kappa shape index (κ1) is 12.3. The summed E-state index contributed by atoms with van der Waals surface area (Å²) in [6.07, 6.45) is 5.79. The van der Waals surface area contributed by atoms with Gasteiger partial charge in [0.1, 0.15) is 0 Å². The molecule has 0 aromatic heterocycles. The Morgan fingerprint density at radius 3 is 2.40 bits per heavy atom. The van der Waals surface area contributed by atoms with Gasteiger partial charge in [-0.2, -0.15) is 0 Å². The number of urea groups is 1. The monoisotopic (exact) mass is 212 g/mol. The first-order chi connectivity index (χ1) is 7.08. The van der Waals surface area contributed by atoms with E-state index >= 15 is 0 Å². The van der Waals surface area contributed by atoms with Gasteiger partial charge < -0.3 is 10.6 Å². The molecular formula is C12H24N2O. The minimum atomic E-state index is 0.0101. The summed E-state index contributed by atoms with van der Waals surface area (Å²) in [5.41, 5.74) is 0. The van der Waals surface area contributed by atoms with Gasteiger partial charge in [0.15, 0.2) is 0 Å². The molecule has 1 saturated carbocycles. The first-order valence-corrected chi connectivity index (χ1v) is 6.15. The van der Waals surface area contributed by atoms with E-state index in [1.54, 1.807) is 0 Å². The van der Waals surface area contributed by atoms with Crippen molar-refractivity contribution in [2.45, 2.75) is 65.0 Å². The predicted octanol–water partition coefficient (Wildman–Crippen LogP) is 2.66. The van der Waals surface area contributed by atoms with Crippen molar-refractivity contribution in [3.05, 3.63) is 0 Å². The van der Waals surface area contributed by atoms with Gasteiger partial charge >= 0.3 is 6.03 Å². The van der Waals surface area contributed by atoms with Crippen LogP contribution in [0.1, 0.15) is 52.9 Å². The smallest absolute Gasteiger partial charge is 0.315 e. The molecular weight excluding hydrogens is 188 g/mol. The lowest BCUT2D eigenvalue weighted by molar-refractivity contribution is 0.224. The van der Waals surface area contributed by atoms with E-state index in [9.17, 15) is 4.79 Å². The minimum Gasteiger partial charge on any atom is -0.336 e. The van der Waals surface area contributed by atoms with Crippen LogP contribution in [0.2, 0.25) is 0 Å². The summed E-state index contributed by atoms with van der Waals surface area (Å²) in [6, 6.07) is 0.728. The van der Waals surface area contributed by atoms with Crippen LogP contribution in [0.25, 0.3) is 0 Å². The lowest BCUT2D eigenvalue weighted by Crippen LogP contribution is -2.47. The van der Waals surface area contributed by atoms with Crippen LogP contribution in [0.15, 0.2) is 0 Å². The molecule has 0 spiro atoms. The fraction of sp³-hybridized carbons (Fsp3) is 0.917. The molecule has 0 aliphatic heterocycles. The molecule has 2 N–H and O–H groups in total. The second-order valence-corrected chi connectivity index (χ2v) is 5.12. The maximum atomic E-state index is 11.5. The summed E-state index contributed by atoms with van der Waals surface area (Å²) in [4.78, 5) is 11.5. The zero-order valence-corrected chi connectivity index (χ0v) is 10.2. The van der Waals surface area contributed by atoms with Crippen molar-refractivity contribution < 1.29 is 4.79 Å². The van der Waals surface area contributed by atoms with Crippen molar-refractivity contribution >= 4 is 6.03 Å². The third-order valence-corrected chi connectivity index (χ3v) is 2.99. The predicted molar refractivity (Wildman–Crippen MR) is 62.8 cm³/mol. The highest BCUT2D eigenvalue weighted by Gasteiger charge is 2.19. The molecule has 0 aromatic rings. The molecule has 1 aliphatic rings. The van der Waals surface area contributed by atoms with E-state index < -0.39 is 0 Å². The Balaban J connectivity index is 2.07. The zero-order valence-electron chi connectivity index (χ0n) is 10.2.